The number of Topliss-reactive ketones (excluding diaryl/α,β-unsaturated/α-hetero) is 2. The molecule has 43 heavy (non-hydrogen) atoms. The lowest BCUT2D eigenvalue weighted by Gasteiger charge is -2.26. The number of carbonyl (C=O) groups excluding carboxylic acids is 5. The Morgan fingerprint density at radius 3 is 2.53 bits per heavy atom. The summed E-state index contributed by atoms with van der Waals surface area (Å²) in [5, 5.41) is 11.4. The van der Waals surface area contributed by atoms with Gasteiger partial charge in [0.15, 0.2) is 11.5 Å². The van der Waals surface area contributed by atoms with Crippen molar-refractivity contribution in [3.05, 3.63) is 65.5 Å². The molecule has 1 fully saturated rings. The van der Waals surface area contributed by atoms with Gasteiger partial charge in [0.05, 0.1) is 12.1 Å². The van der Waals surface area contributed by atoms with Gasteiger partial charge in [-0.3, -0.25) is 19.2 Å². The number of amides is 2. The van der Waals surface area contributed by atoms with Crippen LogP contribution < -0.4 is 10.6 Å². The van der Waals surface area contributed by atoms with E-state index in [1.165, 1.54) is 6.07 Å². The van der Waals surface area contributed by atoms with Crippen LogP contribution in [0.3, 0.4) is 0 Å². The van der Waals surface area contributed by atoms with Crippen molar-refractivity contribution in [3.8, 4) is 0 Å². The minimum absolute atomic E-state index is 0.0655. The number of hydrogen-bond donors (Lipinski definition) is 2. The van der Waals surface area contributed by atoms with E-state index in [0.29, 0.717) is 31.3 Å². The number of aldehydes is 1. The molecule has 1 unspecified atom stereocenters. The lowest BCUT2D eigenvalue weighted by molar-refractivity contribution is -0.132. The second-order valence-electron chi connectivity index (χ2n) is 12.1. The van der Waals surface area contributed by atoms with E-state index in [0.717, 1.165) is 29.2 Å². The standard InChI is InChI=1S/C34H41N3O6/c1-21(2)15-26(33(41)35-27(20-38)17-25-10-5-7-14-31(25)39)19-32(40)29(36-34(42)30-16-22(3)43-37-30)18-24-12-8-11-23-9-4-6-13-28(23)24/h4,6,8-9,11-13,16,20-21,25-27,29H,5,7,10,14-15,17-19H2,1-3H3,(H,35,41)(H,36,42)/t25-,26+,27?,29-/m0/s1. The van der Waals surface area contributed by atoms with Crippen LogP contribution >= 0.6 is 0 Å². The average molecular weight is 588 g/mol. The van der Waals surface area contributed by atoms with Gasteiger partial charge in [0.25, 0.3) is 5.91 Å². The molecule has 0 spiro atoms. The Morgan fingerprint density at radius 1 is 1.07 bits per heavy atom. The third-order valence-electron chi connectivity index (χ3n) is 8.14. The fraction of sp³-hybridized carbons (Fsp3) is 0.471. The molecule has 0 bridgehead atoms. The first-order valence-corrected chi connectivity index (χ1v) is 15.2. The van der Waals surface area contributed by atoms with Gasteiger partial charge >= 0.3 is 0 Å². The molecule has 9 nitrogen and oxygen atoms in total. The average Bonchev–Trinajstić information content (AvgIpc) is 3.43. The van der Waals surface area contributed by atoms with E-state index < -0.39 is 29.8 Å². The highest BCUT2D eigenvalue weighted by molar-refractivity contribution is 5.98. The molecule has 9 heteroatoms. The topological polar surface area (TPSA) is 135 Å². The highest BCUT2D eigenvalue weighted by Gasteiger charge is 2.32. The normalized spacial score (nSPS) is 17.3. The molecule has 2 aromatic carbocycles. The zero-order chi connectivity index (χ0) is 30.9. The molecule has 4 rings (SSSR count). The summed E-state index contributed by atoms with van der Waals surface area (Å²) in [6.07, 6.45) is 4.48. The van der Waals surface area contributed by atoms with Gasteiger partial charge < -0.3 is 20.0 Å². The van der Waals surface area contributed by atoms with Crippen molar-refractivity contribution in [1.82, 2.24) is 15.8 Å². The maximum atomic E-state index is 13.9. The smallest absolute Gasteiger partial charge is 0.274 e. The molecular formula is C34H41N3O6. The Labute approximate surface area is 252 Å². The summed E-state index contributed by atoms with van der Waals surface area (Å²) < 4.78 is 5.05. The Bertz CT molecular complexity index is 1460. The summed E-state index contributed by atoms with van der Waals surface area (Å²) in [6, 6.07) is 13.4. The van der Waals surface area contributed by atoms with Gasteiger partial charge in [0, 0.05) is 37.2 Å². The molecule has 228 valence electrons. The summed E-state index contributed by atoms with van der Waals surface area (Å²) >= 11 is 0. The van der Waals surface area contributed by atoms with Crippen molar-refractivity contribution in [2.24, 2.45) is 17.8 Å². The van der Waals surface area contributed by atoms with E-state index in [4.69, 9.17) is 4.52 Å². The lowest BCUT2D eigenvalue weighted by Crippen LogP contribution is -2.46. The maximum absolute atomic E-state index is 13.9. The van der Waals surface area contributed by atoms with Crippen LogP contribution in [-0.2, 0) is 25.6 Å². The molecule has 4 atom stereocenters. The van der Waals surface area contributed by atoms with Crippen molar-refractivity contribution in [2.75, 3.05) is 0 Å². The van der Waals surface area contributed by atoms with Gasteiger partial charge in [-0.1, -0.05) is 67.9 Å². The minimum atomic E-state index is -0.931. The summed E-state index contributed by atoms with van der Waals surface area (Å²) in [7, 11) is 0. The highest BCUT2D eigenvalue weighted by atomic mass is 16.5. The third kappa shape index (κ3) is 8.69. The molecular weight excluding hydrogens is 546 g/mol. The van der Waals surface area contributed by atoms with Crippen LogP contribution in [0.15, 0.2) is 53.1 Å². The number of aromatic nitrogens is 1. The van der Waals surface area contributed by atoms with Gasteiger partial charge in [-0.2, -0.15) is 0 Å². The highest BCUT2D eigenvalue weighted by Crippen LogP contribution is 2.26. The van der Waals surface area contributed by atoms with E-state index in [-0.39, 0.29) is 48.4 Å². The van der Waals surface area contributed by atoms with E-state index >= 15 is 0 Å². The van der Waals surface area contributed by atoms with Crippen LogP contribution in [0, 0.1) is 24.7 Å². The maximum Gasteiger partial charge on any atom is 0.274 e. The Balaban J connectivity index is 1.54. The number of hydrogen-bond acceptors (Lipinski definition) is 7. The van der Waals surface area contributed by atoms with Gasteiger partial charge in [-0.25, -0.2) is 0 Å². The zero-order valence-electron chi connectivity index (χ0n) is 25.1. The molecule has 1 heterocycles. The SMILES string of the molecule is Cc1cc(C(=O)N[C@@H](Cc2cccc3ccccc23)C(=O)C[C@@H](CC(C)C)C(=O)NC(C=O)C[C@@H]2CCCCC2=O)no1. The molecule has 1 aliphatic rings. The second-order valence-corrected chi connectivity index (χ2v) is 12.1. The quantitative estimate of drug-likeness (QED) is 0.255. The van der Waals surface area contributed by atoms with Gasteiger partial charge in [0.2, 0.25) is 5.91 Å². The summed E-state index contributed by atoms with van der Waals surface area (Å²) in [4.78, 5) is 64.7. The van der Waals surface area contributed by atoms with E-state index in [2.05, 4.69) is 15.8 Å². The second kappa shape index (κ2) is 14.8. The van der Waals surface area contributed by atoms with E-state index in [1.54, 1.807) is 6.92 Å². The van der Waals surface area contributed by atoms with E-state index in [9.17, 15) is 24.0 Å². The van der Waals surface area contributed by atoms with Crippen molar-refractivity contribution >= 4 is 40.4 Å². The summed E-state index contributed by atoms with van der Waals surface area (Å²) in [6.45, 7) is 5.60. The van der Waals surface area contributed by atoms with Crippen LogP contribution in [0.5, 0.6) is 0 Å². The van der Waals surface area contributed by atoms with E-state index in [1.807, 2.05) is 56.3 Å². The zero-order valence-corrected chi connectivity index (χ0v) is 25.1. The van der Waals surface area contributed by atoms with Crippen LogP contribution in [0.2, 0.25) is 0 Å². The number of nitrogens with one attached hydrogen (secondary N) is 2. The number of aryl methyl sites for hydroxylation is 1. The largest absolute Gasteiger partial charge is 0.361 e. The van der Waals surface area contributed by atoms with Crippen molar-refractivity contribution in [2.45, 2.75) is 84.2 Å². The molecule has 0 radical (unpaired) electrons. The van der Waals surface area contributed by atoms with Crippen molar-refractivity contribution < 1.29 is 28.5 Å². The van der Waals surface area contributed by atoms with Crippen LogP contribution in [0.25, 0.3) is 10.8 Å². The summed E-state index contributed by atoms with van der Waals surface area (Å²) in [5.41, 5.74) is 0.951. The predicted molar refractivity (Wildman–Crippen MR) is 162 cm³/mol. The molecule has 0 aliphatic heterocycles. The first-order chi connectivity index (χ1) is 20.6. The number of benzene rings is 2. The summed E-state index contributed by atoms with van der Waals surface area (Å²) in [5.74, 6) is -1.49. The number of carbonyl (C=O) groups is 5. The molecule has 1 aliphatic carbocycles. The minimum Gasteiger partial charge on any atom is -0.361 e. The molecule has 3 aromatic rings. The predicted octanol–water partition coefficient (Wildman–Crippen LogP) is 4.93. The molecule has 2 N–H and O–H groups in total. The molecule has 1 saturated carbocycles. The van der Waals surface area contributed by atoms with Crippen LogP contribution in [0.1, 0.15) is 80.6 Å². The third-order valence-corrected chi connectivity index (χ3v) is 8.14. The Morgan fingerprint density at radius 2 is 1.84 bits per heavy atom. The molecule has 2 amide bonds. The lowest BCUT2D eigenvalue weighted by atomic mass is 9.83. The van der Waals surface area contributed by atoms with Gasteiger partial charge in [-0.15, -0.1) is 0 Å². The number of ketones is 2. The van der Waals surface area contributed by atoms with Crippen LogP contribution in [-0.4, -0.2) is 46.9 Å². The van der Waals surface area contributed by atoms with Crippen LogP contribution in [0.4, 0.5) is 0 Å². The first-order valence-electron chi connectivity index (χ1n) is 15.2. The molecule has 0 saturated heterocycles. The number of nitrogens with zero attached hydrogens (tertiary/aromatic N) is 1. The van der Waals surface area contributed by atoms with Crippen molar-refractivity contribution in [1.29, 1.82) is 0 Å². The first kappa shape index (κ1) is 31.8. The van der Waals surface area contributed by atoms with Crippen molar-refractivity contribution in [3.63, 3.8) is 0 Å². The Kier molecular flexibility index (Phi) is 11.0. The monoisotopic (exact) mass is 587 g/mol. The fourth-order valence-electron chi connectivity index (χ4n) is 5.94. The van der Waals surface area contributed by atoms with Gasteiger partial charge in [-0.05, 0) is 54.9 Å². The Hall–Kier alpha value is -4.14. The fourth-order valence-corrected chi connectivity index (χ4v) is 5.94. The number of fused-ring (bicyclic) bond motifs is 1. The molecule has 1 aromatic heterocycles. The van der Waals surface area contributed by atoms with Gasteiger partial charge in [0.1, 0.15) is 17.8 Å². The number of rotatable bonds is 14.